The second-order valence-electron chi connectivity index (χ2n) is 6.50. The number of nitrogens with one attached hydrogen (secondary N) is 1. The van der Waals surface area contributed by atoms with Crippen LogP contribution in [0.2, 0.25) is 0 Å². The average Bonchev–Trinajstić information content (AvgIpc) is 3.27. The number of benzene rings is 1. The summed E-state index contributed by atoms with van der Waals surface area (Å²) in [4.78, 5) is 13.7. The van der Waals surface area contributed by atoms with Gasteiger partial charge in [-0.1, -0.05) is 12.8 Å². The van der Waals surface area contributed by atoms with Gasteiger partial charge in [-0.25, -0.2) is 0 Å². The molecule has 2 heterocycles. The maximum atomic E-state index is 11.6. The van der Waals surface area contributed by atoms with Crippen molar-refractivity contribution in [1.29, 1.82) is 0 Å². The van der Waals surface area contributed by atoms with Gasteiger partial charge in [-0.2, -0.15) is 0 Å². The summed E-state index contributed by atoms with van der Waals surface area (Å²) >= 11 is 0. The van der Waals surface area contributed by atoms with E-state index in [-0.39, 0.29) is 48.3 Å². The molecule has 25 heavy (non-hydrogen) atoms. The van der Waals surface area contributed by atoms with E-state index < -0.39 is 0 Å². The Balaban J connectivity index is 0.00000113. The first-order valence-corrected chi connectivity index (χ1v) is 8.25. The van der Waals surface area contributed by atoms with Gasteiger partial charge in [-0.15, -0.1) is 24.8 Å². The number of nitrogens with zero attached hydrogens (tertiary/aromatic N) is 2. The number of halogens is 2. The molecule has 1 aromatic carbocycles. The van der Waals surface area contributed by atoms with E-state index in [2.05, 4.69) is 10.2 Å². The number of nitro benzene ring substituents is 1. The van der Waals surface area contributed by atoms with Gasteiger partial charge in [0.1, 0.15) is 0 Å². The normalized spacial score (nSPS) is 20.3. The Kier molecular flexibility index (Phi) is 6.73. The Morgan fingerprint density at radius 1 is 1.20 bits per heavy atom. The number of hydrogen-bond donors (Lipinski definition) is 1. The average molecular weight is 392 g/mol. The summed E-state index contributed by atoms with van der Waals surface area (Å²) in [6.07, 6.45) is 3.46. The molecule has 4 rings (SSSR count). The highest BCUT2D eigenvalue weighted by Crippen LogP contribution is 2.46. The SMILES string of the molecule is Cl.Cl.O=[N+]([O-])c1cc2c(cc1[C@@H](CC1CC1)N1CCNCC1)OCO2. The van der Waals surface area contributed by atoms with E-state index in [4.69, 9.17) is 9.47 Å². The van der Waals surface area contributed by atoms with Crippen LogP contribution >= 0.6 is 24.8 Å². The maximum absolute atomic E-state index is 11.6. The molecular weight excluding hydrogens is 369 g/mol. The summed E-state index contributed by atoms with van der Waals surface area (Å²) in [6.45, 7) is 3.84. The molecule has 140 valence electrons. The van der Waals surface area contributed by atoms with Crippen molar-refractivity contribution in [1.82, 2.24) is 10.2 Å². The van der Waals surface area contributed by atoms with E-state index in [1.54, 1.807) is 0 Å². The largest absolute Gasteiger partial charge is 0.454 e. The van der Waals surface area contributed by atoms with Gasteiger partial charge in [0.15, 0.2) is 11.5 Å². The van der Waals surface area contributed by atoms with Gasteiger partial charge in [0.2, 0.25) is 6.79 Å². The Labute approximate surface area is 159 Å². The highest BCUT2D eigenvalue weighted by atomic mass is 35.5. The molecule has 0 bridgehead atoms. The molecule has 0 radical (unpaired) electrons. The fourth-order valence-corrected chi connectivity index (χ4v) is 3.51. The van der Waals surface area contributed by atoms with Crippen molar-refractivity contribution in [3.05, 3.63) is 27.8 Å². The highest BCUT2D eigenvalue weighted by molar-refractivity contribution is 5.85. The van der Waals surface area contributed by atoms with Crippen molar-refractivity contribution in [2.75, 3.05) is 33.0 Å². The number of nitro groups is 1. The minimum Gasteiger partial charge on any atom is -0.454 e. The van der Waals surface area contributed by atoms with Crippen LogP contribution in [0.3, 0.4) is 0 Å². The number of piperazine rings is 1. The molecule has 3 aliphatic rings. The van der Waals surface area contributed by atoms with Crippen LogP contribution in [0.4, 0.5) is 5.69 Å². The Bertz CT molecular complexity index is 622. The first-order chi connectivity index (χ1) is 11.2. The molecule has 1 atom stereocenters. The summed E-state index contributed by atoms with van der Waals surface area (Å²) in [7, 11) is 0. The Morgan fingerprint density at radius 3 is 2.44 bits per heavy atom. The first-order valence-electron chi connectivity index (χ1n) is 8.25. The lowest BCUT2D eigenvalue weighted by molar-refractivity contribution is -0.386. The molecule has 9 heteroatoms. The summed E-state index contributed by atoms with van der Waals surface area (Å²) < 4.78 is 10.8. The molecule has 0 spiro atoms. The Morgan fingerprint density at radius 2 is 1.84 bits per heavy atom. The summed E-state index contributed by atoms with van der Waals surface area (Å²) in [5.74, 6) is 1.80. The van der Waals surface area contributed by atoms with Crippen LogP contribution in [-0.2, 0) is 0 Å². The molecule has 0 unspecified atom stereocenters. The molecule has 2 aliphatic heterocycles. The molecule has 2 fully saturated rings. The van der Waals surface area contributed by atoms with Crippen LogP contribution < -0.4 is 14.8 Å². The Hall–Kier alpha value is -1.28. The van der Waals surface area contributed by atoms with E-state index in [9.17, 15) is 10.1 Å². The second kappa shape index (κ2) is 8.40. The summed E-state index contributed by atoms with van der Waals surface area (Å²) in [6, 6.07) is 3.44. The lowest BCUT2D eigenvalue weighted by Gasteiger charge is -2.35. The lowest BCUT2D eigenvalue weighted by Crippen LogP contribution is -2.45. The van der Waals surface area contributed by atoms with Crippen molar-refractivity contribution in [2.45, 2.75) is 25.3 Å². The molecule has 7 nitrogen and oxygen atoms in total. The van der Waals surface area contributed by atoms with Gasteiger partial charge in [0.05, 0.1) is 16.6 Å². The lowest BCUT2D eigenvalue weighted by atomic mass is 9.96. The van der Waals surface area contributed by atoms with Crippen molar-refractivity contribution in [2.24, 2.45) is 5.92 Å². The topological polar surface area (TPSA) is 76.9 Å². The third-order valence-corrected chi connectivity index (χ3v) is 4.92. The monoisotopic (exact) mass is 391 g/mol. The third kappa shape index (κ3) is 4.28. The van der Waals surface area contributed by atoms with Gasteiger partial charge in [0.25, 0.3) is 5.69 Å². The van der Waals surface area contributed by atoms with E-state index >= 15 is 0 Å². The van der Waals surface area contributed by atoms with E-state index in [0.29, 0.717) is 17.4 Å². The predicted octanol–water partition coefficient (Wildman–Crippen LogP) is 2.91. The predicted molar refractivity (Wildman–Crippen MR) is 98.2 cm³/mol. The van der Waals surface area contributed by atoms with Crippen molar-refractivity contribution >= 4 is 30.5 Å². The zero-order chi connectivity index (χ0) is 15.8. The number of ether oxygens (including phenoxy) is 2. The van der Waals surface area contributed by atoms with E-state index in [1.807, 2.05) is 6.07 Å². The summed E-state index contributed by atoms with van der Waals surface area (Å²) in [5.41, 5.74) is 0.923. The van der Waals surface area contributed by atoms with Crippen molar-refractivity contribution in [3.63, 3.8) is 0 Å². The van der Waals surface area contributed by atoms with E-state index in [1.165, 1.54) is 18.9 Å². The van der Waals surface area contributed by atoms with Crippen LogP contribution in [0.5, 0.6) is 11.5 Å². The van der Waals surface area contributed by atoms with Crippen LogP contribution in [0.1, 0.15) is 30.9 Å². The number of hydrogen-bond acceptors (Lipinski definition) is 6. The number of fused-ring (bicyclic) bond motifs is 1. The molecule has 1 N–H and O–H groups in total. The van der Waals surface area contributed by atoms with Gasteiger partial charge in [-0.3, -0.25) is 15.0 Å². The molecule has 0 aromatic heterocycles. The van der Waals surface area contributed by atoms with Gasteiger partial charge < -0.3 is 14.8 Å². The smallest absolute Gasteiger partial charge is 0.278 e. The molecule has 1 saturated heterocycles. The van der Waals surface area contributed by atoms with Crippen molar-refractivity contribution < 1.29 is 14.4 Å². The molecular formula is C16H23Cl2N3O4. The molecule has 1 saturated carbocycles. The van der Waals surface area contributed by atoms with Gasteiger partial charge >= 0.3 is 0 Å². The van der Waals surface area contributed by atoms with Crippen LogP contribution in [0, 0.1) is 16.0 Å². The quantitative estimate of drug-likeness (QED) is 0.614. The van der Waals surface area contributed by atoms with Crippen LogP contribution in [0.25, 0.3) is 0 Å². The van der Waals surface area contributed by atoms with Gasteiger partial charge in [0, 0.05) is 32.2 Å². The maximum Gasteiger partial charge on any atom is 0.278 e. The number of rotatable bonds is 5. The molecule has 1 aliphatic carbocycles. The minimum absolute atomic E-state index is 0. The molecule has 0 amide bonds. The second-order valence-corrected chi connectivity index (χ2v) is 6.50. The zero-order valence-corrected chi connectivity index (χ0v) is 15.4. The van der Waals surface area contributed by atoms with Crippen molar-refractivity contribution in [3.8, 4) is 11.5 Å². The zero-order valence-electron chi connectivity index (χ0n) is 13.8. The van der Waals surface area contributed by atoms with E-state index in [0.717, 1.165) is 38.2 Å². The fourth-order valence-electron chi connectivity index (χ4n) is 3.51. The van der Waals surface area contributed by atoms with Crippen LogP contribution in [0.15, 0.2) is 12.1 Å². The van der Waals surface area contributed by atoms with Crippen LogP contribution in [-0.4, -0.2) is 42.8 Å². The highest BCUT2D eigenvalue weighted by Gasteiger charge is 2.35. The molecule has 1 aromatic rings. The summed E-state index contributed by atoms with van der Waals surface area (Å²) in [5, 5.41) is 14.9. The van der Waals surface area contributed by atoms with Gasteiger partial charge in [-0.05, 0) is 18.4 Å². The first kappa shape index (κ1) is 20.0. The fraction of sp³-hybridized carbons (Fsp3) is 0.625. The minimum atomic E-state index is -0.292. The standard InChI is InChI=1S/C16H21N3O4.2ClH/c20-19(21)14-9-16-15(22-10-23-16)8-12(14)13(7-11-1-2-11)18-5-3-17-4-6-18;;/h8-9,11,13,17H,1-7,10H2;2*1H/t13-;;/m1../s1. The third-order valence-electron chi connectivity index (χ3n) is 4.92.